The van der Waals surface area contributed by atoms with Gasteiger partial charge in [-0.25, -0.2) is 9.78 Å². The highest BCUT2D eigenvalue weighted by atomic mass is 32.1. The Hall–Kier alpha value is -1.47. The van der Waals surface area contributed by atoms with Gasteiger partial charge >= 0.3 is 5.97 Å². The third kappa shape index (κ3) is 3.05. The highest BCUT2D eigenvalue weighted by Gasteiger charge is 2.27. The van der Waals surface area contributed by atoms with Crippen LogP contribution < -0.4 is 5.32 Å². The molecule has 1 aliphatic rings. The zero-order valence-corrected chi connectivity index (χ0v) is 10.7. The summed E-state index contributed by atoms with van der Waals surface area (Å²) in [6, 6.07) is 0. The Morgan fingerprint density at radius 1 is 1.61 bits per heavy atom. The largest absolute Gasteiger partial charge is 0.476 e. The molecule has 2 unspecified atom stereocenters. The highest BCUT2D eigenvalue weighted by molar-refractivity contribution is 7.09. The molecule has 18 heavy (non-hydrogen) atoms. The summed E-state index contributed by atoms with van der Waals surface area (Å²) in [4.78, 5) is 26.3. The van der Waals surface area contributed by atoms with Gasteiger partial charge in [0.15, 0.2) is 5.69 Å². The lowest BCUT2D eigenvalue weighted by Gasteiger charge is -2.10. The van der Waals surface area contributed by atoms with E-state index in [-0.39, 0.29) is 30.4 Å². The van der Waals surface area contributed by atoms with E-state index in [1.165, 1.54) is 16.7 Å². The van der Waals surface area contributed by atoms with Crippen LogP contribution in [0.15, 0.2) is 5.38 Å². The van der Waals surface area contributed by atoms with Crippen LogP contribution in [0.2, 0.25) is 0 Å². The Kier molecular flexibility index (Phi) is 3.93. The van der Waals surface area contributed by atoms with Crippen LogP contribution in [0.1, 0.15) is 35.3 Å². The van der Waals surface area contributed by atoms with E-state index in [0.29, 0.717) is 5.01 Å². The molecule has 2 N–H and O–H groups in total. The van der Waals surface area contributed by atoms with E-state index in [9.17, 15) is 9.59 Å². The summed E-state index contributed by atoms with van der Waals surface area (Å²) >= 11 is 1.22. The summed E-state index contributed by atoms with van der Waals surface area (Å²) < 4.78 is 5.43. The molecule has 2 heterocycles. The van der Waals surface area contributed by atoms with Crippen molar-refractivity contribution in [3.05, 3.63) is 16.1 Å². The van der Waals surface area contributed by atoms with Crippen molar-refractivity contribution in [1.29, 1.82) is 0 Å². The molecule has 7 heteroatoms. The summed E-state index contributed by atoms with van der Waals surface area (Å²) in [6.07, 6.45) is 1.35. The van der Waals surface area contributed by atoms with E-state index in [2.05, 4.69) is 10.3 Å². The summed E-state index contributed by atoms with van der Waals surface area (Å²) in [5.74, 6) is -1.22. The normalized spacial score (nSPS) is 22.9. The van der Waals surface area contributed by atoms with E-state index in [1.807, 2.05) is 6.92 Å². The van der Waals surface area contributed by atoms with E-state index < -0.39 is 5.97 Å². The molecule has 1 aliphatic heterocycles. The number of aromatic carboxylic acids is 1. The Morgan fingerprint density at radius 3 is 2.94 bits per heavy atom. The van der Waals surface area contributed by atoms with Gasteiger partial charge in [-0.1, -0.05) is 0 Å². The first-order valence-corrected chi connectivity index (χ1v) is 6.55. The maximum Gasteiger partial charge on any atom is 0.355 e. The van der Waals surface area contributed by atoms with Crippen LogP contribution in [0.25, 0.3) is 0 Å². The van der Waals surface area contributed by atoms with Crippen molar-refractivity contribution >= 4 is 23.2 Å². The van der Waals surface area contributed by atoms with Crippen molar-refractivity contribution in [2.75, 3.05) is 0 Å². The van der Waals surface area contributed by atoms with Crippen LogP contribution in [0.3, 0.4) is 0 Å². The topological polar surface area (TPSA) is 88.5 Å². The number of carboxylic acids is 1. The number of nitrogens with zero attached hydrogens (tertiary/aromatic N) is 1. The molecule has 2 rings (SSSR count). The van der Waals surface area contributed by atoms with Crippen LogP contribution in [0.5, 0.6) is 0 Å². The lowest BCUT2D eigenvalue weighted by molar-refractivity contribution is -0.131. The molecule has 0 aliphatic carbocycles. The summed E-state index contributed by atoms with van der Waals surface area (Å²) in [6.45, 7) is 2.18. The van der Waals surface area contributed by atoms with Gasteiger partial charge < -0.3 is 15.2 Å². The van der Waals surface area contributed by atoms with Gasteiger partial charge in [0.25, 0.3) is 0 Å². The monoisotopic (exact) mass is 270 g/mol. The van der Waals surface area contributed by atoms with Gasteiger partial charge in [0.1, 0.15) is 11.1 Å². The number of hydrogen-bond acceptors (Lipinski definition) is 5. The molecule has 0 spiro atoms. The Bertz CT molecular complexity index is 460. The van der Waals surface area contributed by atoms with Crippen molar-refractivity contribution in [2.45, 2.75) is 38.5 Å². The lowest BCUT2D eigenvalue weighted by Crippen LogP contribution is -2.34. The molecular weight excluding hydrogens is 256 g/mol. The predicted octanol–water partition coefficient (Wildman–Crippen LogP) is 1.02. The number of thiazole rings is 1. The second-order valence-corrected chi connectivity index (χ2v) is 5.10. The van der Waals surface area contributed by atoms with E-state index in [0.717, 1.165) is 12.8 Å². The molecule has 2 atom stereocenters. The predicted molar refractivity (Wildman–Crippen MR) is 64.5 cm³/mol. The molecular formula is C11H14N2O4S. The molecule has 6 nitrogen and oxygen atoms in total. The van der Waals surface area contributed by atoms with Crippen molar-refractivity contribution in [3.8, 4) is 0 Å². The quantitative estimate of drug-likeness (QED) is 0.853. The highest BCUT2D eigenvalue weighted by Crippen LogP contribution is 2.19. The standard InChI is InChI=1S/C11H14N2O4S/c1-6-2-3-8(17-6)10(14)12-4-9-13-7(5-18-9)11(15)16/h5-6,8H,2-4H2,1H3,(H,12,14)(H,15,16). The first kappa shape index (κ1) is 13.0. The Labute approximate surface area is 108 Å². The molecule has 0 radical (unpaired) electrons. The first-order chi connectivity index (χ1) is 8.56. The maximum atomic E-state index is 11.7. The average Bonchev–Trinajstić information content (AvgIpc) is 2.94. The van der Waals surface area contributed by atoms with E-state index in [4.69, 9.17) is 9.84 Å². The van der Waals surface area contributed by atoms with Gasteiger partial charge in [-0.05, 0) is 19.8 Å². The van der Waals surface area contributed by atoms with Crippen molar-refractivity contribution in [2.24, 2.45) is 0 Å². The number of carboxylic acid groups (broad SMARTS) is 1. The van der Waals surface area contributed by atoms with Gasteiger partial charge in [0, 0.05) is 5.38 Å². The third-order valence-electron chi connectivity index (χ3n) is 2.71. The minimum absolute atomic E-state index is 0.00925. The van der Waals surface area contributed by atoms with Crippen molar-refractivity contribution in [1.82, 2.24) is 10.3 Å². The van der Waals surface area contributed by atoms with Crippen LogP contribution in [0.4, 0.5) is 0 Å². The van der Waals surface area contributed by atoms with Crippen molar-refractivity contribution < 1.29 is 19.4 Å². The van der Waals surface area contributed by atoms with Gasteiger partial charge in [-0.15, -0.1) is 11.3 Å². The number of ether oxygens (including phenoxy) is 1. The molecule has 0 saturated carbocycles. The number of nitrogens with one attached hydrogen (secondary N) is 1. The Balaban J connectivity index is 1.83. The zero-order chi connectivity index (χ0) is 13.1. The number of aromatic nitrogens is 1. The molecule has 1 aromatic heterocycles. The number of hydrogen-bond donors (Lipinski definition) is 2. The fourth-order valence-electron chi connectivity index (χ4n) is 1.76. The molecule has 98 valence electrons. The van der Waals surface area contributed by atoms with Gasteiger partial charge in [0.2, 0.25) is 5.91 Å². The van der Waals surface area contributed by atoms with Gasteiger partial charge in [0.05, 0.1) is 12.6 Å². The SMILES string of the molecule is CC1CCC(C(=O)NCc2nc(C(=O)O)cs2)O1. The fourth-order valence-corrected chi connectivity index (χ4v) is 2.47. The molecule has 1 fully saturated rings. The van der Waals surface area contributed by atoms with Crippen LogP contribution in [0, 0.1) is 0 Å². The molecule has 1 saturated heterocycles. The summed E-state index contributed by atoms with van der Waals surface area (Å²) in [5.41, 5.74) is 0.00925. The second kappa shape index (κ2) is 5.45. The number of carbonyl (C=O) groups excluding carboxylic acids is 1. The first-order valence-electron chi connectivity index (χ1n) is 5.67. The fraction of sp³-hybridized carbons (Fsp3) is 0.545. The van der Waals surface area contributed by atoms with Gasteiger partial charge in [-0.2, -0.15) is 0 Å². The minimum Gasteiger partial charge on any atom is -0.476 e. The maximum absolute atomic E-state index is 11.7. The lowest BCUT2D eigenvalue weighted by atomic mass is 10.2. The smallest absolute Gasteiger partial charge is 0.355 e. The van der Waals surface area contributed by atoms with Gasteiger partial charge in [-0.3, -0.25) is 4.79 Å². The average molecular weight is 270 g/mol. The van der Waals surface area contributed by atoms with E-state index in [1.54, 1.807) is 0 Å². The minimum atomic E-state index is -1.06. The molecule has 1 amide bonds. The number of carbonyl (C=O) groups is 2. The zero-order valence-electron chi connectivity index (χ0n) is 9.88. The Morgan fingerprint density at radius 2 is 2.39 bits per heavy atom. The number of amides is 1. The van der Waals surface area contributed by atoms with Crippen LogP contribution in [-0.2, 0) is 16.1 Å². The van der Waals surface area contributed by atoms with Crippen LogP contribution >= 0.6 is 11.3 Å². The molecule has 0 aromatic carbocycles. The van der Waals surface area contributed by atoms with E-state index >= 15 is 0 Å². The third-order valence-corrected chi connectivity index (χ3v) is 3.56. The summed E-state index contributed by atoms with van der Waals surface area (Å²) in [5, 5.41) is 13.5. The van der Waals surface area contributed by atoms with Crippen molar-refractivity contribution in [3.63, 3.8) is 0 Å². The number of rotatable bonds is 4. The molecule has 0 bridgehead atoms. The molecule has 1 aromatic rings. The summed E-state index contributed by atoms with van der Waals surface area (Å²) in [7, 11) is 0. The second-order valence-electron chi connectivity index (χ2n) is 4.16. The van der Waals surface area contributed by atoms with Crippen LogP contribution in [-0.4, -0.2) is 34.2 Å².